The molecule has 0 aromatic heterocycles. The Hall–Kier alpha value is -1.09. The summed E-state index contributed by atoms with van der Waals surface area (Å²) in [5.74, 6) is 0.563. The summed E-state index contributed by atoms with van der Waals surface area (Å²) in [6.45, 7) is 0. The van der Waals surface area contributed by atoms with E-state index in [0.717, 1.165) is 6.42 Å². The molecular formula is C12H16N2S. The van der Waals surface area contributed by atoms with Gasteiger partial charge < -0.3 is 11.1 Å². The molecule has 1 aliphatic carbocycles. The molecule has 15 heavy (non-hydrogen) atoms. The molecule has 0 bridgehead atoms. The van der Waals surface area contributed by atoms with Gasteiger partial charge in [0.05, 0.1) is 0 Å². The van der Waals surface area contributed by atoms with Crippen LogP contribution in [-0.4, -0.2) is 11.2 Å². The van der Waals surface area contributed by atoms with Crippen LogP contribution < -0.4 is 11.1 Å². The molecule has 1 aliphatic rings. The van der Waals surface area contributed by atoms with E-state index in [1.165, 1.54) is 18.4 Å². The van der Waals surface area contributed by atoms with Crippen LogP contribution in [0.25, 0.3) is 0 Å². The molecule has 2 unspecified atom stereocenters. The Kier molecular flexibility index (Phi) is 3.21. The lowest BCUT2D eigenvalue weighted by molar-refractivity contribution is 0.560. The van der Waals surface area contributed by atoms with E-state index in [9.17, 15) is 0 Å². The highest BCUT2D eigenvalue weighted by atomic mass is 32.1. The summed E-state index contributed by atoms with van der Waals surface area (Å²) in [6.07, 6.45) is 3.64. The molecule has 1 aromatic rings. The molecule has 0 spiro atoms. The molecule has 0 heterocycles. The topological polar surface area (TPSA) is 38.0 Å². The van der Waals surface area contributed by atoms with E-state index in [1.54, 1.807) is 0 Å². The zero-order valence-corrected chi connectivity index (χ0v) is 9.46. The molecule has 0 saturated heterocycles. The maximum absolute atomic E-state index is 5.53. The van der Waals surface area contributed by atoms with E-state index >= 15 is 0 Å². The van der Waals surface area contributed by atoms with Gasteiger partial charge in [0.2, 0.25) is 0 Å². The SMILES string of the molecule is NC(=S)NC1CCCC1c1ccccc1. The van der Waals surface area contributed by atoms with Gasteiger partial charge >= 0.3 is 0 Å². The summed E-state index contributed by atoms with van der Waals surface area (Å²) >= 11 is 4.90. The Morgan fingerprint density at radius 2 is 2.00 bits per heavy atom. The molecule has 1 aromatic carbocycles. The van der Waals surface area contributed by atoms with Crippen LogP contribution in [0.5, 0.6) is 0 Å². The van der Waals surface area contributed by atoms with Crippen LogP contribution in [0.15, 0.2) is 30.3 Å². The summed E-state index contributed by atoms with van der Waals surface area (Å²) < 4.78 is 0. The number of thiocarbonyl (C=S) groups is 1. The molecule has 3 heteroatoms. The second-order valence-electron chi connectivity index (χ2n) is 4.06. The van der Waals surface area contributed by atoms with Gasteiger partial charge in [0.1, 0.15) is 0 Å². The third-order valence-electron chi connectivity index (χ3n) is 3.07. The lowest BCUT2D eigenvalue weighted by Gasteiger charge is -2.21. The van der Waals surface area contributed by atoms with Crippen LogP contribution in [0.1, 0.15) is 30.7 Å². The zero-order chi connectivity index (χ0) is 10.7. The molecule has 0 amide bonds. The molecule has 2 atom stereocenters. The number of rotatable bonds is 2. The molecule has 1 fully saturated rings. The highest BCUT2D eigenvalue weighted by molar-refractivity contribution is 7.80. The minimum atomic E-state index is 0.419. The van der Waals surface area contributed by atoms with Crippen molar-refractivity contribution in [2.24, 2.45) is 5.73 Å². The summed E-state index contributed by atoms with van der Waals surface area (Å²) in [7, 11) is 0. The van der Waals surface area contributed by atoms with E-state index in [0.29, 0.717) is 17.1 Å². The zero-order valence-electron chi connectivity index (χ0n) is 8.65. The fourth-order valence-electron chi connectivity index (χ4n) is 2.41. The van der Waals surface area contributed by atoms with Crippen molar-refractivity contribution >= 4 is 17.3 Å². The average Bonchev–Trinajstić information content (AvgIpc) is 2.66. The number of benzene rings is 1. The van der Waals surface area contributed by atoms with Crippen molar-refractivity contribution in [3.05, 3.63) is 35.9 Å². The van der Waals surface area contributed by atoms with Gasteiger partial charge in [0.15, 0.2) is 5.11 Å². The van der Waals surface area contributed by atoms with Gasteiger partial charge in [-0.05, 0) is 30.6 Å². The Morgan fingerprint density at radius 1 is 1.27 bits per heavy atom. The van der Waals surface area contributed by atoms with E-state index in [2.05, 4.69) is 35.6 Å². The van der Waals surface area contributed by atoms with Gasteiger partial charge in [0, 0.05) is 12.0 Å². The largest absolute Gasteiger partial charge is 0.376 e. The monoisotopic (exact) mass is 220 g/mol. The minimum absolute atomic E-state index is 0.419. The first-order valence-corrected chi connectivity index (χ1v) is 5.79. The maximum Gasteiger partial charge on any atom is 0.163 e. The second-order valence-corrected chi connectivity index (χ2v) is 4.50. The van der Waals surface area contributed by atoms with E-state index in [1.807, 2.05) is 0 Å². The van der Waals surface area contributed by atoms with Crippen molar-refractivity contribution < 1.29 is 0 Å². The van der Waals surface area contributed by atoms with Crippen molar-refractivity contribution in [2.75, 3.05) is 0 Å². The predicted octanol–water partition coefficient (Wildman–Crippen LogP) is 2.16. The first kappa shape index (κ1) is 10.4. The third kappa shape index (κ3) is 2.48. The minimum Gasteiger partial charge on any atom is -0.376 e. The standard InChI is InChI=1S/C12H16N2S/c13-12(15)14-11-8-4-7-10(11)9-5-2-1-3-6-9/h1-3,5-6,10-11H,4,7-8H2,(H3,13,14,15). The fraction of sp³-hybridized carbons (Fsp3) is 0.417. The normalized spacial score (nSPS) is 25.1. The Labute approximate surface area is 95.9 Å². The van der Waals surface area contributed by atoms with Gasteiger partial charge in [-0.25, -0.2) is 0 Å². The molecule has 2 rings (SSSR count). The fourth-order valence-corrected chi connectivity index (χ4v) is 2.57. The smallest absolute Gasteiger partial charge is 0.163 e. The van der Waals surface area contributed by atoms with E-state index in [-0.39, 0.29) is 0 Å². The molecule has 0 aliphatic heterocycles. The average molecular weight is 220 g/mol. The summed E-state index contributed by atoms with van der Waals surface area (Å²) in [5.41, 5.74) is 6.93. The maximum atomic E-state index is 5.53. The molecule has 1 saturated carbocycles. The molecule has 3 N–H and O–H groups in total. The van der Waals surface area contributed by atoms with Crippen LogP contribution in [0.4, 0.5) is 0 Å². The predicted molar refractivity (Wildman–Crippen MR) is 66.7 cm³/mol. The van der Waals surface area contributed by atoms with Gasteiger partial charge in [-0.15, -0.1) is 0 Å². The third-order valence-corrected chi connectivity index (χ3v) is 3.19. The van der Waals surface area contributed by atoms with Crippen LogP contribution in [0, 0.1) is 0 Å². The van der Waals surface area contributed by atoms with Gasteiger partial charge in [-0.2, -0.15) is 0 Å². The van der Waals surface area contributed by atoms with Gasteiger partial charge in [-0.3, -0.25) is 0 Å². The molecule has 2 nitrogen and oxygen atoms in total. The van der Waals surface area contributed by atoms with Crippen molar-refractivity contribution in [1.82, 2.24) is 5.32 Å². The summed E-state index contributed by atoms with van der Waals surface area (Å²) in [5, 5.41) is 3.62. The first-order chi connectivity index (χ1) is 7.27. The van der Waals surface area contributed by atoms with Crippen molar-refractivity contribution in [1.29, 1.82) is 0 Å². The highest BCUT2D eigenvalue weighted by Gasteiger charge is 2.28. The summed E-state index contributed by atoms with van der Waals surface area (Å²) in [4.78, 5) is 0. The molecular weight excluding hydrogens is 204 g/mol. The van der Waals surface area contributed by atoms with Gasteiger partial charge in [0.25, 0.3) is 0 Å². The van der Waals surface area contributed by atoms with E-state index in [4.69, 9.17) is 18.0 Å². The van der Waals surface area contributed by atoms with Crippen LogP contribution in [-0.2, 0) is 0 Å². The van der Waals surface area contributed by atoms with Crippen molar-refractivity contribution in [3.8, 4) is 0 Å². The molecule has 0 radical (unpaired) electrons. The van der Waals surface area contributed by atoms with Crippen molar-refractivity contribution in [2.45, 2.75) is 31.2 Å². The number of nitrogens with one attached hydrogen (secondary N) is 1. The van der Waals surface area contributed by atoms with Crippen LogP contribution in [0.2, 0.25) is 0 Å². The summed E-state index contributed by atoms with van der Waals surface area (Å²) in [6, 6.07) is 11.0. The van der Waals surface area contributed by atoms with E-state index < -0.39 is 0 Å². The second kappa shape index (κ2) is 4.62. The Balaban J connectivity index is 2.11. The Morgan fingerprint density at radius 3 is 2.67 bits per heavy atom. The number of hydrogen-bond acceptors (Lipinski definition) is 1. The van der Waals surface area contributed by atoms with Crippen LogP contribution >= 0.6 is 12.2 Å². The lowest BCUT2D eigenvalue weighted by atomic mass is 9.94. The van der Waals surface area contributed by atoms with Crippen molar-refractivity contribution in [3.63, 3.8) is 0 Å². The first-order valence-electron chi connectivity index (χ1n) is 5.38. The highest BCUT2D eigenvalue weighted by Crippen LogP contribution is 2.34. The van der Waals surface area contributed by atoms with Gasteiger partial charge in [-0.1, -0.05) is 36.8 Å². The Bertz CT molecular complexity index is 337. The lowest BCUT2D eigenvalue weighted by Crippen LogP contribution is -2.39. The molecule has 80 valence electrons. The number of hydrogen-bond donors (Lipinski definition) is 2. The number of nitrogens with two attached hydrogens (primary N) is 1. The van der Waals surface area contributed by atoms with Crippen LogP contribution in [0.3, 0.4) is 0 Å². The quantitative estimate of drug-likeness (QED) is 0.750.